The molecule has 0 aromatic carbocycles. The first-order chi connectivity index (χ1) is 4.95. The summed E-state index contributed by atoms with van der Waals surface area (Å²) in [5.41, 5.74) is 1.74. The van der Waals surface area contributed by atoms with Crippen molar-refractivity contribution in [1.29, 1.82) is 0 Å². The van der Waals surface area contributed by atoms with E-state index in [9.17, 15) is 18.0 Å². The number of nitrogens with two attached hydrogens (primary N) is 1. The van der Waals surface area contributed by atoms with Gasteiger partial charge in [0, 0.05) is 12.8 Å². The molecule has 0 atom stereocenters. The van der Waals surface area contributed by atoms with Gasteiger partial charge in [-0.05, 0) is 6.42 Å². The first-order valence-corrected chi connectivity index (χ1v) is 3.02. The van der Waals surface area contributed by atoms with E-state index in [0.717, 1.165) is 0 Å². The van der Waals surface area contributed by atoms with Gasteiger partial charge in [0.2, 0.25) is 5.91 Å². The molecule has 0 bridgehead atoms. The highest BCUT2D eigenvalue weighted by Crippen LogP contribution is 2.21. The Labute approximate surface area is 61.7 Å². The second kappa shape index (κ2) is 4.17. The van der Waals surface area contributed by atoms with E-state index in [1.54, 1.807) is 5.43 Å². The Kier molecular flexibility index (Phi) is 3.88. The Balaban J connectivity index is 3.35. The summed E-state index contributed by atoms with van der Waals surface area (Å²) in [6, 6.07) is 0. The van der Waals surface area contributed by atoms with E-state index in [-0.39, 0.29) is 12.8 Å². The molecule has 3 nitrogen and oxygen atoms in total. The van der Waals surface area contributed by atoms with Gasteiger partial charge in [0.25, 0.3) is 0 Å². The van der Waals surface area contributed by atoms with Gasteiger partial charge >= 0.3 is 6.18 Å². The highest BCUT2D eigenvalue weighted by molar-refractivity contribution is 5.75. The van der Waals surface area contributed by atoms with Gasteiger partial charge in [-0.3, -0.25) is 10.2 Å². The fourth-order valence-corrected chi connectivity index (χ4v) is 0.522. The van der Waals surface area contributed by atoms with Crippen LogP contribution in [0.1, 0.15) is 19.3 Å². The number of amides is 1. The predicted molar refractivity (Wildman–Crippen MR) is 32.2 cm³/mol. The number of hydrogen-bond donors (Lipinski definition) is 2. The molecule has 6 heteroatoms. The number of hydrogen-bond acceptors (Lipinski definition) is 2. The van der Waals surface area contributed by atoms with Crippen molar-refractivity contribution >= 4 is 5.91 Å². The smallest absolute Gasteiger partial charge is 0.294 e. The highest BCUT2D eigenvalue weighted by Gasteiger charge is 2.26. The Bertz CT molecular complexity index is 134. The molecule has 0 radical (unpaired) electrons. The average molecular weight is 170 g/mol. The van der Waals surface area contributed by atoms with Crippen LogP contribution >= 0.6 is 0 Å². The highest BCUT2D eigenvalue weighted by atomic mass is 19.4. The van der Waals surface area contributed by atoms with Crippen LogP contribution in [-0.2, 0) is 4.79 Å². The van der Waals surface area contributed by atoms with Crippen LogP contribution in [0.2, 0.25) is 0 Å². The first-order valence-electron chi connectivity index (χ1n) is 3.02. The summed E-state index contributed by atoms with van der Waals surface area (Å²) >= 11 is 0. The molecule has 0 saturated carbocycles. The van der Waals surface area contributed by atoms with E-state index >= 15 is 0 Å². The molecule has 0 saturated heterocycles. The second-order valence-electron chi connectivity index (χ2n) is 2.04. The van der Waals surface area contributed by atoms with Gasteiger partial charge < -0.3 is 0 Å². The maximum atomic E-state index is 11.4. The number of halogens is 3. The zero-order chi connectivity index (χ0) is 8.91. The van der Waals surface area contributed by atoms with E-state index in [1.165, 1.54) is 0 Å². The van der Waals surface area contributed by atoms with E-state index < -0.39 is 18.5 Å². The van der Waals surface area contributed by atoms with Crippen molar-refractivity contribution in [1.82, 2.24) is 5.43 Å². The fourth-order valence-electron chi connectivity index (χ4n) is 0.522. The molecule has 0 aliphatic heterocycles. The van der Waals surface area contributed by atoms with Crippen molar-refractivity contribution in [3.8, 4) is 0 Å². The Morgan fingerprint density at radius 2 is 2.00 bits per heavy atom. The molecule has 3 N–H and O–H groups in total. The normalized spacial score (nSPS) is 11.3. The average Bonchev–Trinajstić information content (AvgIpc) is 1.85. The Morgan fingerprint density at radius 1 is 1.45 bits per heavy atom. The van der Waals surface area contributed by atoms with Crippen LogP contribution in [0.25, 0.3) is 0 Å². The molecule has 0 aliphatic rings. The van der Waals surface area contributed by atoms with Crippen LogP contribution < -0.4 is 11.3 Å². The lowest BCUT2D eigenvalue weighted by Crippen LogP contribution is -2.29. The lowest BCUT2D eigenvalue weighted by atomic mass is 10.2. The topological polar surface area (TPSA) is 55.1 Å². The molecule has 0 aromatic heterocycles. The molecule has 66 valence electrons. The van der Waals surface area contributed by atoms with Crippen molar-refractivity contribution in [3.05, 3.63) is 0 Å². The van der Waals surface area contributed by atoms with Crippen molar-refractivity contribution in [2.45, 2.75) is 25.4 Å². The minimum absolute atomic E-state index is 0.185. The zero-order valence-corrected chi connectivity index (χ0v) is 5.74. The monoisotopic (exact) mass is 170 g/mol. The molecule has 0 rings (SSSR count). The molecule has 0 fully saturated rings. The number of rotatable bonds is 3. The summed E-state index contributed by atoms with van der Waals surface area (Å²) < 4.78 is 34.3. The number of alkyl halides is 3. The number of nitrogens with one attached hydrogen (secondary N) is 1. The minimum Gasteiger partial charge on any atom is -0.294 e. The largest absolute Gasteiger partial charge is 0.389 e. The van der Waals surface area contributed by atoms with Gasteiger partial charge in [0.05, 0.1) is 0 Å². The van der Waals surface area contributed by atoms with Crippen molar-refractivity contribution in [2.75, 3.05) is 0 Å². The lowest BCUT2D eigenvalue weighted by Gasteiger charge is -2.04. The minimum atomic E-state index is -4.19. The zero-order valence-electron chi connectivity index (χ0n) is 5.74. The van der Waals surface area contributed by atoms with Gasteiger partial charge in [0.15, 0.2) is 0 Å². The van der Waals surface area contributed by atoms with E-state index in [1.807, 2.05) is 0 Å². The molecule has 0 spiro atoms. The third-order valence-corrected chi connectivity index (χ3v) is 1.03. The van der Waals surface area contributed by atoms with E-state index in [0.29, 0.717) is 0 Å². The van der Waals surface area contributed by atoms with Gasteiger partial charge in [-0.15, -0.1) is 0 Å². The van der Waals surface area contributed by atoms with Gasteiger partial charge in [-0.2, -0.15) is 13.2 Å². The maximum absolute atomic E-state index is 11.4. The maximum Gasteiger partial charge on any atom is 0.389 e. The summed E-state index contributed by atoms with van der Waals surface area (Å²) in [6.45, 7) is 0. The van der Waals surface area contributed by atoms with Crippen molar-refractivity contribution in [2.24, 2.45) is 5.84 Å². The molecular formula is C5H9F3N2O. The van der Waals surface area contributed by atoms with Crippen molar-refractivity contribution in [3.63, 3.8) is 0 Å². The van der Waals surface area contributed by atoms with Crippen LogP contribution in [0.4, 0.5) is 13.2 Å². The van der Waals surface area contributed by atoms with Crippen LogP contribution in [-0.4, -0.2) is 12.1 Å². The summed E-state index contributed by atoms with van der Waals surface area (Å²) in [4.78, 5) is 10.3. The predicted octanol–water partition coefficient (Wildman–Crippen LogP) is 0.709. The summed E-state index contributed by atoms with van der Waals surface area (Å²) in [5, 5.41) is 0. The van der Waals surface area contributed by atoms with Gasteiger partial charge in [0.1, 0.15) is 0 Å². The first kappa shape index (κ1) is 10.2. The summed E-state index contributed by atoms with van der Waals surface area (Å²) in [7, 11) is 0. The molecule has 0 aromatic rings. The number of carbonyl (C=O) groups excluding carboxylic acids is 1. The Hall–Kier alpha value is -0.780. The standard InChI is InChI=1S/C5H9F3N2O/c6-5(7,8)3-1-2-4(11)10-9/h1-3,9H2,(H,10,11). The molecule has 11 heavy (non-hydrogen) atoms. The summed E-state index contributed by atoms with van der Waals surface area (Å²) in [5.74, 6) is 4.07. The second-order valence-corrected chi connectivity index (χ2v) is 2.04. The Morgan fingerprint density at radius 3 is 2.36 bits per heavy atom. The molecular weight excluding hydrogens is 161 g/mol. The molecule has 1 amide bonds. The number of carbonyl (C=O) groups is 1. The van der Waals surface area contributed by atoms with Gasteiger partial charge in [-0.25, -0.2) is 5.84 Å². The molecule has 0 unspecified atom stereocenters. The van der Waals surface area contributed by atoms with Crippen LogP contribution in [0.5, 0.6) is 0 Å². The third kappa shape index (κ3) is 7.11. The van der Waals surface area contributed by atoms with Crippen LogP contribution in [0.15, 0.2) is 0 Å². The molecule has 0 aliphatic carbocycles. The number of hydrazine groups is 1. The van der Waals surface area contributed by atoms with Crippen LogP contribution in [0.3, 0.4) is 0 Å². The lowest BCUT2D eigenvalue weighted by molar-refractivity contribution is -0.137. The van der Waals surface area contributed by atoms with Crippen molar-refractivity contribution < 1.29 is 18.0 Å². The summed E-state index contributed by atoms with van der Waals surface area (Å²) in [6.07, 6.45) is -5.53. The van der Waals surface area contributed by atoms with E-state index in [4.69, 9.17) is 0 Å². The third-order valence-electron chi connectivity index (χ3n) is 1.03. The van der Waals surface area contributed by atoms with Crippen LogP contribution in [0, 0.1) is 0 Å². The fraction of sp³-hybridized carbons (Fsp3) is 0.800. The quantitative estimate of drug-likeness (QED) is 0.372. The molecule has 0 heterocycles. The van der Waals surface area contributed by atoms with E-state index in [2.05, 4.69) is 5.84 Å². The SMILES string of the molecule is NNC(=O)CCCC(F)(F)F. The van der Waals surface area contributed by atoms with Gasteiger partial charge in [-0.1, -0.05) is 0 Å².